The second-order valence-electron chi connectivity index (χ2n) is 7.28. The van der Waals surface area contributed by atoms with Crippen LogP contribution >= 0.6 is 0 Å². The third-order valence-corrected chi connectivity index (χ3v) is 5.25. The van der Waals surface area contributed by atoms with Crippen molar-refractivity contribution >= 4 is 11.7 Å². The van der Waals surface area contributed by atoms with Crippen LogP contribution < -0.4 is 17.2 Å². The number of hydrogen-bond acceptors (Lipinski definition) is 6. The summed E-state index contributed by atoms with van der Waals surface area (Å²) in [5.41, 5.74) is 19.6. The van der Waals surface area contributed by atoms with Crippen LogP contribution in [0.1, 0.15) is 40.2 Å². The molecule has 2 aromatic carbocycles. The number of aromatic carboxylic acids is 1. The minimum Gasteiger partial charge on any atom is -0.507 e. The van der Waals surface area contributed by atoms with E-state index < -0.39 is 11.8 Å². The maximum atomic E-state index is 14.6. The van der Waals surface area contributed by atoms with E-state index in [9.17, 15) is 14.3 Å². The van der Waals surface area contributed by atoms with Crippen LogP contribution in [0.25, 0.3) is 5.70 Å². The Bertz CT molecular complexity index is 1020. The highest BCUT2D eigenvalue weighted by molar-refractivity contribution is 5.87. The largest absolute Gasteiger partial charge is 0.507 e. The quantitative estimate of drug-likeness (QED) is 0.476. The molecule has 1 fully saturated rings. The molecular weight excluding hydrogens is 387 g/mol. The topological polar surface area (TPSA) is 139 Å². The van der Waals surface area contributed by atoms with Crippen molar-refractivity contribution in [3.63, 3.8) is 0 Å². The van der Waals surface area contributed by atoms with Crippen molar-refractivity contribution < 1.29 is 19.4 Å². The zero-order valence-corrected chi connectivity index (χ0v) is 16.4. The predicted molar refractivity (Wildman–Crippen MR) is 113 cm³/mol. The number of allylic oxidation sites excluding steroid dienone is 1. The number of nitrogens with two attached hydrogens (primary N) is 3. The summed E-state index contributed by atoms with van der Waals surface area (Å²) in [4.78, 5) is 13.0. The molecular formula is C22H25FN4O3. The van der Waals surface area contributed by atoms with E-state index in [4.69, 9.17) is 22.3 Å². The fraction of sp³-hybridized carbons (Fsp3) is 0.227. The summed E-state index contributed by atoms with van der Waals surface area (Å²) >= 11 is 0. The Morgan fingerprint density at radius 1 is 1.17 bits per heavy atom. The van der Waals surface area contributed by atoms with Gasteiger partial charge in [0.1, 0.15) is 17.4 Å². The van der Waals surface area contributed by atoms with E-state index in [1.165, 1.54) is 18.2 Å². The van der Waals surface area contributed by atoms with Gasteiger partial charge in [-0.1, -0.05) is 18.2 Å². The minimum absolute atomic E-state index is 0.0401. The van der Waals surface area contributed by atoms with Gasteiger partial charge in [-0.25, -0.2) is 9.18 Å². The molecule has 8 heteroatoms. The first-order valence-electron chi connectivity index (χ1n) is 9.56. The van der Waals surface area contributed by atoms with E-state index in [1.54, 1.807) is 24.3 Å². The molecule has 1 aliphatic heterocycles. The first kappa shape index (κ1) is 21.0. The van der Waals surface area contributed by atoms with Gasteiger partial charge in [0, 0.05) is 30.3 Å². The molecule has 1 heterocycles. The average molecular weight is 412 g/mol. The standard InChI is InChI=1S/C22H25FN4O3/c23-17-10-13(22(29)30)7-8-15(17)14-4-3-9-27(12-14)19(21(25)26)11-18(24)16-5-1-2-6-20(16)28/h1-2,5-8,10-11,14,28H,3-4,9,12,24-26H2,(H,29,30)/b18-11-. The van der Waals surface area contributed by atoms with Crippen molar-refractivity contribution in [3.8, 4) is 5.75 Å². The number of carbonyl (C=O) groups is 1. The summed E-state index contributed by atoms with van der Waals surface area (Å²) < 4.78 is 14.6. The maximum absolute atomic E-state index is 14.6. The molecule has 1 aliphatic rings. The second kappa shape index (κ2) is 8.77. The highest BCUT2D eigenvalue weighted by atomic mass is 19.1. The van der Waals surface area contributed by atoms with E-state index in [0.717, 1.165) is 18.9 Å². The zero-order chi connectivity index (χ0) is 21.8. The summed E-state index contributed by atoms with van der Waals surface area (Å²) in [5, 5.41) is 19.1. The van der Waals surface area contributed by atoms with Crippen LogP contribution in [0.3, 0.4) is 0 Å². The molecule has 0 aromatic heterocycles. The van der Waals surface area contributed by atoms with Crippen LogP contribution in [0.15, 0.2) is 60.1 Å². The number of likely N-dealkylation sites (tertiary alicyclic amines) is 1. The van der Waals surface area contributed by atoms with Gasteiger partial charge in [0.05, 0.1) is 11.3 Å². The lowest BCUT2D eigenvalue weighted by atomic mass is 9.89. The number of nitrogens with zero attached hydrogens (tertiary/aromatic N) is 1. The third-order valence-electron chi connectivity index (χ3n) is 5.25. The molecule has 3 rings (SSSR count). The van der Waals surface area contributed by atoms with Crippen LogP contribution in [-0.4, -0.2) is 34.2 Å². The number of para-hydroxylation sites is 1. The molecule has 158 valence electrons. The van der Waals surface area contributed by atoms with Crippen molar-refractivity contribution in [2.75, 3.05) is 13.1 Å². The van der Waals surface area contributed by atoms with E-state index in [0.29, 0.717) is 35.6 Å². The average Bonchev–Trinajstić information content (AvgIpc) is 2.71. The molecule has 7 nitrogen and oxygen atoms in total. The van der Waals surface area contributed by atoms with Crippen molar-refractivity contribution in [2.45, 2.75) is 18.8 Å². The number of hydrogen-bond donors (Lipinski definition) is 5. The molecule has 30 heavy (non-hydrogen) atoms. The normalized spacial score (nSPS) is 16.9. The van der Waals surface area contributed by atoms with Gasteiger partial charge in [0.15, 0.2) is 0 Å². The van der Waals surface area contributed by atoms with Crippen LogP contribution in [0, 0.1) is 5.82 Å². The van der Waals surface area contributed by atoms with Gasteiger partial charge >= 0.3 is 5.97 Å². The lowest BCUT2D eigenvalue weighted by Gasteiger charge is -2.36. The number of carboxylic acids is 1. The Balaban J connectivity index is 1.87. The minimum atomic E-state index is -1.17. The molecule has 0 bridgehead atoms. The number of phenolic OH excluding ortho intramolecular Hbond substituents is 1. The van der Waals surface area contributed by atoms with Crippen LogP contribution in [0.5, 0.6) is 5.75 Å². The number of aromatic hydroxyl groups is 1. The number of halogens is 1. The van der Waals surface area contributed by atoms with Crippen molar-refractivity contribution in [1.82, 2.24) is 4.90 Å². The van der Waals surface area contributed by atoms with E-state index in [-0.39, 0.29) is 23.1 Å². The second-order valence-corrected chi connectivity index (χ2v) is 7.28. The fourth-order valence-corrected chi connectivity index (χ4v) is 3.74. The number of benzene rings is 2. The van der Waals surface area contributed by atoms with Gasteiger partial charge < -0.3 is 32.3 Å². The van der Waals surface area contributed by atoms with Crippen LogP contribution in [-0.2, 0) is 0 Å². The van der Waals surface area contributed by atoms with Gasteiger partial charge in [-0.05, 0) is 48.7 Å². The summed E-state index contributed by atoms with van der Waals surface area (Å²) in [6.07, 6.45) is 3.12. The lowest BCUT2D eigenvalue weighted by Crippen LogP contribution is -2.36. The van der Waals surface area contributed by atoms with Gasteiger partial charge in [0.2, 0.25) is 0 Å². The van der Waals surface area contributed by atoms with Crippen LogP contribution in [0.4, 0.5) is 4.39 Å². The van der Waals surface area contributed by atoms with Gasteiger partial charge in [-0.3, -0.25) is 0 Å². The fourth-order valence-electron chi connectivity index (χ4n) is 3.74. The summed E-state index contributed by atoms with van der Waals surface area (Å²) in [6.45, 7) is 1.10. The van der Waals surface area contributed by atoms with E-state index >= 15 is 0 Å². The number of phenols is 1. The lowest BCUT2D eigenvalue weighted by molar-refractivity contribution is 0.0696. The zero-order valence-electron chi connectivity index (χ0n) is 16.4. The van der Waals surface area contributed by atoms with Gasteiger partial charge in [-0.15, -0.1) is 0 Å². The van der Waals surface area contributed by atoms with Crippen molar-refractivity contribution in [2.24, 2.45) is 17.2 Å². The van der Waals surface area contributed by atoms with E-state index in [2.05, 4.69) is 0 Å². The molecule has 0 saturated carbocycles. The Morgan fingerprint density at radius 2 is 1.90 bits per heavy atom. The monoisotopic (exact) mass is 412 g/mol. The highest BCUT2D eigenvalue weighted by Crippen LogP contribution is 2.32. The Hall–Kier alpha value is -3.68. The van der Waals surface area contributed by atoms with Gasteiger partial charge in [-0.2, -0.15) is 0 Å². The van der Waals surface area contributed by atoms with Gasteiger partial charge in [0.25, 0.3) is 0 Å². The number of carboxylic acid groups (broad SMARTS) is 1. The van der Waals surface area contributed by atoms with Crippen molar-refractivity contribution in [1.29, 1.82) is 0 Å². The third kappa shape index (κ3) is 4.48. The van der Waals surface area contributed by atoms with E-state index in [1.807, 2.05) is 4.90 Å². The first-order valence-corrected chi connectivity index (χ1v) is 9.56. The Morgan fingerprint density at radius 3 is 2.53 bits per heavy atom. The molecule has 0 spiro atoms. The summed E-state index contributed by atoms with van der Waals surface area (Å²) in [7, 11) is 0. The Kier molecular flexibility index (Phi) is 6.15. The Labute approximate surface area is 173 Å². The number of piperidine rings is 1. The molecule has 2 aromatic rings. The van der Waals surface area contributed by atoms with Crippen molar-refractivity contribution in [3.05, 3.63) is 82.6 Å². The number of rotatable bonds is 5. The summed E-state index contributed by atoms with van der Waals surface area (Å²) in [6, 6.07) is 10.6. The SMILES string of the molecule is NC(N)=C(/C=C(\N)c1ccccc1O)N1CCCC(c2ccc(C(=O)O)cc2F)C1. The first-order chi connectivity index (χ1) is 14.3. The highest BCUT2D eigenvalue weighted by Gasteiger charge is 2.26. The molecule has 0 amide bonds. The molecule has 1 atom stereocenters. The molecule has 1 saturated heterocycles. The predicted octanol–water partition coefficient (Wildman–Crippen LogP) is 2.50. The molecule has 8 N–H and O–H groups in total. The summed E-state index contributed by atoms with van der Waals surface area (Å²) in [5.74, 6) is -1.77. The smallest absolute Gasteiger partial charge is 0.335 e. The molecule has 0 aliphatic carbocycles. The van der Waals surface area contributed by atoms with Crippen LogP contribution in [0.2, 0.25) is 0 Å². The molecule has 0 radical (unpaired) electrons. The molecule has 1 unspecified atom stereocenters. The maximum Gasteiger partial charge on any atom is 0.335 e.